The summed E-state index contributed by atoms with van der Waals surface area (Å²) in [5.74, 6) is -0.697. The zero-order valence-corrected chi connectivity index (χ0v) is 15.5. The Balaban J connectivity index is 1.54. The average Bonchev–Trinajstić information content (AvgIpc) is 2.99. The van der Waals surface area contributed by atoms with Crippen LogP contribution < -0.4 is 5.32 Å². The highest BCUT2D eigenvalue weighted by Crippen LogP contribution is 2.18. The van der Waals surface area contributed by atoms with E-state index in [9.17, 15) is 9.59 Å². The summed E-state index contributed by atoms with van der Waals surface area (Å²) >= 11 is 0. The molecule has 0 atom stereocenters. The molecule has 1 aliphatic rings. The van der Waals surface area contributed by atoms with E-state index in [0.717, 1.165) is 42.8 Å². The average molecular weight is 354 g/mol. The van der Waals surface area contributed by atoms with E-state index >= 15 is 0 Å². The lowest BCUT2D eigenvalue weighted by atomic mass is 9.95. The highest BCUT2D eigenvalue weighted by molar-refractivity contribution is 5.91. The second-order valence-electron chi connectivity index (χ2n) is 6.98. The van der Waals surface area contributed by atoms with Gasteiger partial charge >= 0.3 is 5.97 Å². The van der Waals surface area contributed by atoms with Gasteiger partial charge in [-0.1, -0.05) is 19.3 Å². The molecule has 0 radical (unpaired) electrons. The zero-order chi connectivity index (χ0) is 18.5. The second-order valence-corrected chi connectivity index (χ2v) is 6.98. The standard InChI is InChI=1S/C21H26N2O3/c1-15-8-9-16(2)23(15)19-12-10-17(11-13-19)21(25)26-14-20(24)22-18-6-4-3-5-7-18/h8-13,18H,3-7,14H2,1-2H3,(H,22,24). The summed E-state index contributed by atoms with van der Waals surface area (Å²) in [6.45, 7) is 3.85. The number of carbonyl (C=O) groups is 2. The minimum atomic E-state index is -0.476. The molecule has 0 unspecified atom stereocenters. The van der Waals surface area contributed by atoms with Crippen LogP contribution in [0.15, 0.2) is 36.4 Å². The number of aromatic nitrogens is 1. The van der Waals surface area contributed by atoms with Gasteiger partial charge in [-0.25, -0.2) is 4.79 Å². The molecular weight excluding hydrogens is 328 g/mol. The lowest BCUT2D eigenvalue weighted by Gasteiger charge is -2.22. The third-order valence-electron chi connectivity index (χ3n) is 4.94. The molecule has 1 aromatic heterocycles. The van der Waals surface area contributed by atoms with Crippen LogP contribution in [0.1, 0.15) is 53.8 Å². The van der Waals surface area contributed by atoms with Crippen LogP contribution in [0, 0.1) is 13.8 Å². The summed E-state index contributed by atoms with van der Waals surface area (Å²) in [6, 6.07) is 11.6. The fourth-order valence-electron chi connectivity index (χ4n) is 3.55. The third-order valence-corrected chi connectivity index (χ3v) is 4.94. The molecule has 0 saturated heterocycles. The van der Waals surface area contributed by atoms with Crippen LogP contribution in [0.2, 0.25) is 0 Å². The lowest BCUT2D eigenvalue weighted by molar-refractivity contribution is -0.125. The van der Waals surface area contributed by atoms with Crippen molar-refractivity contribution in [1.82, 2.24) is 9.88 Å². The van der Waals surface area contributed by atoms with Gasteiger partial charge in [0.05, 0.1) is 5.56 Å². The van der Waals surface area contributed by atoms with Crippen molar-refractivity contribution in [1.29, 1.82) is 0 Å². The fourth-order valence-corrected chi connectivity index (χ4v) is 3.55. The Kier molecular flexibility index (Phi) is 5.76. The minimum Gasteiger partial charge on any atom is -0.452 e. The van der Waals surface area contributed by atoms with Gasteiger partial charge in [-0.2, -0.15) is 0 Å². The summed E-state index contributed by atoms with van der Waals surface area (Å²) in [7, 11) is 0. The molecule has 0 aliphatic heterocycles. The highest BCUT2D eigenvalue weighted by atomic mass is 16.5. The van der Waals surface area contributed by atoms with Gasteiger partial charge in [-0.05, 0) is 63.1 Å². The van der Waals surface area contributed by atoms with Crippen molar-refractivity contribution in [3.8, 4) is 5.69 Å². The molecule has 1 amide bonds. The lowest BCUT2D eigenvalue weighted by Crippen LogP contribution is -2.38. The molecule has 5 heteroatoms. The van der Waals surface area contributed by atoms with Gasteiger partial charge in [0.25, 0.3) is 5.91 Å². The molecule has 138 valence electrons. The first-order valence-corrected chi connectivity index (χ1v) is 9.26. The number of hydrogen-bond donors (Lipinski definition) is 1. The van der Waals surface area contributed by atoms with Crippen molar-refractivity contribution in [2.75, 3.05) is 6.61 Å². The van der Waals surface area contributed by atoms with E-state index in [4.69, 9.17) is 4.74 Å². The molecule has 26 heavy (non-hydrogen) atoms. The van der Waals surface area contributed by atoms with Gasteiger partial charge in [0.1, 0.15) is 0 Å². The molecule has 1 heterocycles. The molecule has 3 rings (SSSR count). The Bertz CT molecular complexity index is 752. The molecule has 1 N–H and O–H groups in total. The molecular formula is C21H26N2O3. The Morgan fingerprint density at radius 2 is 1.62 bits per heavy atom. The number of esters is 1. The van der Waals surface area contributed by atoms with Crippen LogP contribution in [0.4, 0.5) is 0 Å². The predicted molar refractivity (Wildman–Crippen MR) is 101 cm³/mol. The van der Waals surface area contributed by atoms with Gasteiger partial charge in [0.15, 0.2) is 6.61 Å². The van der Waals surface area contributed by atoms with Gasteiger partial charge in [0.2, 0.25) is 0 Å². The zero-order valence-electron chi connectivity index (χ0n) is 15.5. The van der Waals surface area contributed by atoms with Gasteiger partial charge in [-0.15, -0.1) is 0 Å². The van der Waals surface area contributed by atoms with Crippen molar-refractivity contribution in [2.24, 2.45) is 0 Å². The van der Waals surface area contributed by atoms with Crippen LogP contribution in [0.25, 0.3) is 5.69 Å². The van der Waals surface area contributed by atoms with E-state index in [0.29, 0.717) is 5.56 Å². The maximum absolute atomic E-state index is 12.2. The molecule has 0 bridgehead atoms. The van der Waals surface area contributed by atoms with Gasteiger partial charge < -0.3 is 14.6 Å². The number of nitrogens with zero attached hydrogens (tertiary/aromatic N) is 1. The SMILES string of the molecule is Cc1ccc(C)n1-c1ccc(C(=O)OCC(=O)NC2CCCCC2)cc1. The van der Waals surface area contributed by atoms with Crippen molar-refractivity contribution in [3.63, 3.8) is 0 Å². The maximum atomic E-state index is 12.2. The third kappa shape index (κ3) is 4.34. The largest absolute Gasteiger partial charge is 0.452 e. The van der Waals surface area contributed by atoms with Gasteiger partial charge in [0, 0.05) is 23.1 Å². The van der Waals surface area contributed by atoms with Crippen LogP contribution in [0.3, 0.4) is 0 Å². The number of nitrogens with one attached hydrogen (secondary N) is 1. The van der Waals surface area contributed by atoms with Crippen molar-refractivity contribution in [3.05, 3.63) is 53.3 Å². The number of hydrogen-bond acceptors (Lipinski definition) is 3. The summed E-state index contributed by atoms with van der Waals surface area (Å²) < 4.78 is 7.27. The number of amides is 1. The van der Waals surface area contributed by atoms with Crippen molar-refractivity contribution < 1.29 is 14.3 Å². The quantitative estimate of drug-likeness (QED) is 0.833. The van der Waals surface area contributed by atoms with E-state index in [1.807, 2.05) is 26.0 Å². The normalized spacial score (nSPS) is 14.8. The molecule has 1 aliphatic carbocycles. The number of ether oxygens (including phenoxy) is 1. The Hall–Kier alpha value is -2.56. The number of carbonyl (C=O) groups excluding carboxylic acids is 2. The van der Waals surface area contributed by atoms with E-state index in [1.165, 1.54) is 6.42 Å². The highest BCUT2D eigenvalue weighted by Gasteiger charge is 2.17. The summed E-state index contributed by atoms with van der Waals surface area (Å²) in [5, 5.41) is 2.95. The van der Waals surface area contributed by atoms with Crippen LogP contribution in [-0.2, 0) is 9.53 Å². The second kappa shape index (κ2) is 8.21. The first-order valence-electron chi connectivity index (χ1n) is 9.26. The van der Waals surface area contributed by atoms with E-state index < -0.39 is 5.97 Å². The Morgan fingerprint density at radius 3 is 2.23 bits per heavy atom. The smallest absolute Gasteiger partial charge is 0.338 e. The van der Waals surface area contributed by atoms with Gasteiger partial charge in [-0.3, -0.25) is 4.79 Å². The van der Waals surface area contributed by atoms with E-state index in [2.05, 4.69) is 22.0 Å². The van der Waals surface area contributed by atoms with E-state index in [1.54, 1.807) is 12.1 Å². The van der Waals surface area contributed by atoms with E-state index in [-0.39, 0.29) is 18.6 Å². The molecule has 0 spiro atoms. The monoisotopic (exact) mass is 354 g/mol. The Labute approximate surface area is 154 Å². The van der Waals surface area contributed by atoms with Crippen molar-refractivity contribution in [2.45, 2.75) is 52.0 Å². The maximum Gasteiger partial charge on any atom is 0.338 e. The van der Waals surface area contributed by atoms with Crippen molar-refractivity contribution >= 4 is 11.9 Å². The van der Waals surface area contributed by atoms with Crippen LogP contribution >= 0.6 is 0 Å². The predicted octanol–water partition coefficient (Wildman–Crippen LogP) is 3.70. The van der Waals surface area contributed by atoms with Crippen LogP contribution in [0.5, 0.6) is 0 Å². The molecule has 1 fully saturated rings. The molecule has 5 nitrogen and oxygen atoms in total. The molecule has 2 aromatic rings. The topological polar surface area (TPSA) is 60.3 Å². The van der Waals surface area contributed by atoms with Crippen LogP contribution in [-0.4, -0.2) is 29.1 Å². The Morgan fingerprint density at radius 1 is 1.00 bits per heavy atom. The first-order chi connectivity index (χ1) is 12.5. The molecule has 1 aromatic carbocycles. The molecule has 1 saturated carbocycles. The summed E-state index contributed by atoms with van der Waals surface area (Å²) in [5.41, 5.74) is 3.72. The first kappa shape index (κ1) is 18.2. The number of aryl methyl sites for hydroxylation is 2. The summed E-state index contributed by atoms with van der Waals surface area (Å²) in [6.07, 6.45) is 5.56. The minimum absolute atomic E-state index is 0.222. The number of rotatable bonds is 5. The summed E-state index contributed by atoms with van der Waals surface area (Å²) in [4.78, 5) is 24.1. The number of benzene rings is 1. The fraction of sp³-hybridized carbons (Fsp3) is 0.429.